The second-order valence-corrected chi connectivity index (χ2v) is 3.91. The summed E-state index contributed by atoms with van der Waals surface area (Å²) in [7, 11) is 0. The summed E-state index contributed by atoms with van der Waals surface area (Å²) in [6.07, 6.45) is 3.48. The molecule has 1 unspecified atom stereocenters. The van der Waals surface area contributed by atoms with Crippen LogP contribution in [0.25, 0.3) is 0 Å². The van der Waals surface area contributed by atoms with Crippen LogP contribution >= 0.6 is 0 Å². The van der Waals surface area contributed by atoms with E-state index in [0.29, 0.717) is 25.1 Å². The number of nitrogens with one attached hydrogen (secondary N) is 1. The summed E-state index contributed by atoms with van der Waals surface area (Å²) in [5, 5.41) is 3.39. The van der Waals surface area contributed by atoms with Crippen molar-refractivity contribution >= 4 is 5.82 Å². The van der Waals surface area contributed by atoms with Crippen LogP contribution in [-0.2, 0) is 0 Å². The third-order valence-corrected chi connectivity index (χ3v) is 2.67. The lowest BCUT2D eigenvalue weighted by Gasteiger charge is -2.18. The van der Waals surface area contributed by atoms with E-state index in [1.165, 1.54) is 6.33 Å². The van der Waals surface area contributed by atoms with Gasteiger partial charge in [0.15, 0.2) is 0 Å². The highest BCUT2D eigenvalue weighted by Crippen LogP contribution is 2.21. The molecule has 0 radical (unpaired) electrons. The first-order valence-corrected chi connectivity index (χ1v) is 6.13. The van der Waals surface area contributed by atoms with Crippen molar-refractivity contribution in [1.29, 1.82) is 0 Å². The van der Waals surface area contributed by atoms with E-state index in [0.717, 1.165) is 24.2 Å². The van der Waals surface area contributed by atoms with Gasteiger partial charge in [0.25, 0.3) is 0 Å². The van der Waals surface area contributed by atoms with Gasteiger partial charge in [0.1, 0.15) is 12.1 Å². The minimum absolute atomic E-state index is 0.350. The summed E-state index contributed by atoms with van der Waals surface area (Å²) < 4.78 is 5.44. The zero-order chi connectivity index (χ0) is 12.7. The molecule has 0 aliphatic rings. The number of rotatable bonds is 7. The summed E-state index contributed by atoms with van der Waals surface area (Å²) in [6, 6.07) is 0.350. The molecule has 0 bridgehead atoms. The fourth-order valence-corrected chi connectivity index (χ4v) is 1.63. The Labute approximate surface area is 103 Å². The topological polar surface area (TPSA) is 73.1 Å². The third-order valence-electron chi connectivity index (χ3n) is 2.67. The highest BCUT2D eigenvalue weighted by molar-refractivity contribution is 5.48. The first kappa shape index (κ1) is 13.7. The van der Waals surface area contributed by atoms with E-state index >= 15 is 0 Å². The van der Waals surface area contributed by atoms with E-state index in [-0.39, 0.29) is 0 Å². The van der Waals surface area contributed by atoms with Crippen molar-refractivity contribution in [1.82, 2.24) is 9.97 Å². The Morgan fingerprint density at radius 2 is 2.18 bits per heavy atom. The smallest absolute Gasteiger partial charge is 0.221 e. The molecule has 1 atom stereocenters. The maximum atomic E-state index is 5.58. The van der Waals surface area contributed by atoms with Crippen LogP contribution in [0.5, 0.6) is 5.88 Å². The van der Waals surface area contributed by atoms with E-state index in [4.69, 9.17) is 10.5 Å². The molecule has 0 saturated carbocycles. The average Bonchev–Trinajstić information content (AvgIpc) is 2.33. The standard InChI is InChI=1S/C12H22N4O/c1-4-10(6-7-13)16-11-9(3)12(17-5-2)15-8-14-11/h8,10H,4-7,13H2,1-3H3,(H,14,15,16). The molecule has 1 heterocycles. The average molecular weight is 238 g/mol. The number of nitrogens with two attached hydrogens (primary N) is 1. The van der Waals surface area contributed by atoms with Gasteiger partial charge < -0.3 is 15.8 Å². The van der Waals surface area contributed by atoms with Gasteiger partial charge >= 0.3 is 0 Å². The Morgan fingerprint density at radius 3 is 2.76 bits per heavy atom. The van der Waals surface area contributed by atoms with Crippen LogP contribution in [0.4, 0.5) is 5.82 Å². The molecule has 0 spiro atoms. The molecule has 96 valence electrons. The third kappa shape index (κ3) is 3.85. The lowest BCUT2D eigenvalue weighted by Crippen LogP contribution is -2.23. The molecule has 0 aromatic carbocycles. The minimum Gasteiger partial charge on any atom is -0.478 e. The summed E-state index contributed by atoms with van der Waals surface area (Å²) in [4.78, 5) is 8.36. The van der Waals surface area contributed by atoms with Gasteiger partial charge in [0, 0.05) is 6.04 Å². The molecule has 0 fully saturated rings. The van der Waals surface area contributed by atoms with Crippen LogP contribution in [0, 0.1) is 6.92 Å². The molecule has 5 heteroatoms. The number of nitrogens with zero attached hydrogens (tertiary/aromatic N) is 2. The van der Waals surface area contributed by atoms with Gasteiger partial charge in [-0.1, -0.05) is 6.92 Å². The first-order chi connectivity index (χ1) is 8.22. The highest BCUT2D eigenvalue weighted by Gasteiger charge is 2.11. The summed E-state index contributed by atoms with van der Waals surface area (Å²) in [5.41, 5.74) is 6.53. The quantitative estimate of drug-likeness (QED) is 0.756. The van der Waals surface area contributed by atoms with Crippen LogP contribution in [0.1, 0.15) is 32.3 Å². The van der Waals surface area contributed by atoms with Gasteiger partial charge in [-0.3, -0.25) is 0 Å². The fourth-order valence-electron chi connectivity index (χ4n) is 1.63. The predicted octanol–water partition coefficient (Wildman–Crippen LogP) is 1.72. The van der Waals surface area contributed by atoms with Gasteiger partial charge in [-0.25, -0.2) is 9.97 Å². The van der Waals surface area contributed by atoms with Crippen molar-refractivity contribution in [3.63, 3.8) is 0 Å². The Hall–Kier alpha value is -1.36. The molecule has 0 amide bonds. The van der Waals surface area contributed by atoms with Crippen LogP contribution in [0.3, 0.4) is 0 Å². The zero-order valence-electron chi connectivity index (χ0n) is 10.9. The number of anilines is 1. The molecule has 1 aromatic rings. The largest absolute Gasteiger partial charge is 0.478 e. The normalized spacial score (nSPS) is 12.2. The Kier molecular flexibility index (Phi) is 5.69. The van der Waals surface area contributed by atoms with Crippen LogP contribution in [-0.4, -0.2) is 29.2 Å². The number of hydrogen-bond acceptors (Lipinski definition) is 5. The summed E-state index contributed by atoms with van der Waals surface area (Å²) >= 11 is 0. The molecular weight excluding hydrogens is 216 g/mol. The van der Waals surface area contributed by atoms with Gasteiger partial charge in [-0.15, -0.1) is 0 Å². The van der Waals surface area contributed by atoms with E-state index in [9.17, 15) is 0 Å². The van der Waals surface area contributed by atoms with Gasteiger partial charge in [0.05, 0.1) is 12.2 Å². The van der Waals surface area contributed by atoms with Gasteiger partial charge in [-0.05, 0) is 33.2 Å². The lowest BCUT2D eigenvalue weighted by molar-refractivity contribution is 0.323. The predicted molar refractivity (Wildman–Crippen MR) is 69.3 cm³/mol. The molecule has 0 saturated heterocycles. The first-order valence-electron chi connectivity index (χ1n) is 6.13. The van der Waals surface area contributed by atoms with Crippen molar-refractivity contribution in [3.8, 4) is 5.88 Å². The monoisotopic (exact) mass is 238 g/mol. The zero-order valence-corrected chi connectivity index (χ0v) is 10.9. The maximum absolute atomic E-state index is 5.58. The number of hydrogen-bond donors (Lipinski definition) is 2. The molecule has 17 heavy (non-hydrogen) atoms. The molecular formula is C12H22N4O. The van der Waals surface area contributed by atoms with Crippen LogP contribution in [0.2, 0.25) is 0 Å². The fraction of sp³-hybridized carbons (Fsp3) is 0.667. The molecule has 1 rings (SSSR count). The maximum Gasteiger partial charge on any atom is 0.221 e. The SMILES string of the molecule is CCOc1ncnc(NC(CC)CCN)c1C. The number of ether oxygens (including phenoxy) is 1. The van der Waals surface area contributed by atoms with E-state index in [1.807, 2.05) is 13.8 Å². The second kappa shape index (κ2) is 7.06. The van der Waals surface area contributed by atoms with Crippen molar-refractivity contribution in [2.75, 3.05) is 18.5 Å². The molecule has 1 aromatic heterocycles. The van der Waals surface area contributed by atoms with E-state index in [2.05, 4.69) is 22.2 Å². The van der Waals surface area contributed by atoms with Gasteiger partial charge in [-0.2, -0.15) is 0 Å². The van der Waals surface area contributed by atoms with Crippen molar-refractivity contribution in [3.05, 3.63) is 11.9 Å². The van der Waals surface area contributed by atoms with Crippen molar-refractivity contribution in [2.24, 2.45) is 5.73 Å². The highest BCUT2D eigenvalue weighted by atomic mass is 16.5. The Bertz CT molecular complexity index is 343. The Balaban J connectivity index is 2.79. The second-order valence-electron chi connectivity index (χ2n) is 3.91. The molecule has 5 nitrogen and oxygen atoms in total. The van der Waals surface area contributed by atoms with Crippen LogP contribution < -0.4 is 15.8 Å². The lowest BCUT2D eigenvalue weighted by atomic mass is 10.1. The summed E-state index contributed by atoms with van der Waals surface area (Å²) in [6.45, 7) is 7.32. The molecule has 3 N–H and O–H groups in total. The summed E-state index contributed by atoms with van der Waals surface area (Å²) in [5.74, 6) is 1.48. The van der Waals surface area contributed by atoms with Crippen LogP contribution in [0.15, 0.2) is 6.33 Å². The van der Waals surface area contributed by atoms with Gasteiger partial charge in [0.2, 0.25) is 5.88 Å². The molecule has 0 aliphatic carbocycles. The number of aromatic nitrogens is 2. The molecule has 0 aliphatic heterocycles. The minimum atomic E-state index is 0.350. The Morgan fingerprint density at radius 1 is 1.41 bits per heavy atom. The van der Waals surface area contributed by atoms with Crippen molar-refractivity contribution < 1.29 is 4.74 Å². The van der Waals surface area contributed by atoms with Crippen molar-refractivity contribution in [2.45, 2.75) is 39.7 Å². The van der Waals surface area contributed by atoms with E-state index in [1.54, 1.807) is 0 Å². The van der Waals surface area contributed by atoms with E-state index < -0.39 is 0 Å².